The fourth-order valence-electron chi connectivity index (χ4n) is 4.03. The highest BCUT2D eigenvalue weighted by Crippen LogP contribution is 2.28. The van der Waals surface area contributed by atoms with Crippen molar-refractivity contribution >= 4 is 5.91 Å². The normalized spacial score (nSPS) is 14.9. The summed E-state index contributed by atoms with van der Waals surface area (Å²) in [7, 11) is 2.04. The summed E-state index contributed by atoms with van der Waals surface area (Å²) >= 11 is 0. The quantitative estimate of drug-likeness (QED) is 0.718. The first kappa shape index (κ1) is 19.5. The monoisotopic (exact) mass is 391 g/mol. The summed E-state index contributed by atoms with van der Waals surface area (Å²) in [5.74, 6) is 0.679. The molecule has 152 valence electrons. The highest BCUT2D eigenvalue weighted by molar-refractivity contribution is 5.94. The van der Waals surface area contributed by atoms with Crippen LogP contribution in [0.1, 0.15) is 48.1 Å². The van der Waals surface area contributed by atoms with E-state index in [4.69, 9.17) is 4.98 Å². The molecule has 1 aromatic carbocycles. The molecule has 0 unspecified atom stereocenters. The standard InChI is InChI=1S/C23H29N5O/c1-4-19-21(23(29)25-27-15-9-6-10-16-27)24-22(20-14-13-17(2)26(20)3)28(19)18-11-7-5-8-12-18/h5,7-8,11-14H,4,6,9-10,15-16H2,1-3H3,(H,25,29). The molecule has 1 saturated heterocycles. The summed E-state index contributed by atoms with van der Waals surface area (Å²) in [6, 6.07) is 14.3. The Labute approximate surface area is 172 Å². The Morgan fingerprint density at radius 2 is 1.79 bits per heavy atom. The van der Waals surface area contributed by atoms with Crippen LogP contribution in [0, 0.1) is 6.92 Å². The molecule has 0 saturated carbocycles. The summed E-state index contributed by atoms with van der Waals surface area (Å²) < 4.78 is 4.24. The van der Waals surface area contributed by atoms with E-state index in [9.17, 15) is 4.79 Å². The van der Waals surface area contributed by atoms with Crippen molar-refractivity contribution in [1.29, 1.82) is 0 Å². The fraction of sp³-hybridized carbons (Fsp3) is 0.391. The molecule has 1 aliphatic heterocycles. The van der Waals surface area contributed by atoms with Gasteiger partial charge in [-0.05, 0) is 50.5 Å². The number of aromatic nitrogens is 3. The minimum absolute atomic E-state index is 0.120. The molecule has 0 spiro atoms. The number of amides is 1. The molecule has 1 amide bonds. The number of rotatable bonds is 5. The highest BCUT2D eigenvalue weighted by atomic mass is 16.2. The van der Waals surface area contributed by atoms with Crippen LogP contribution in [0.25, 0.3) is 17.2 Å². The van der Waals surface area contributed by atoms with Gasteiger partial charge in [-0.15, -0.1) is 0 Å². The molecule has 1 fully saturated rings. The zero-order valence-electron chi connectivity index (χ0n) is 17.5. The van der Waals surface area contributed by atoms with Crippen molar-refractivity contribution < 1.29 is 4.79 Å². The van der Waals surface area contributed by atoms with Crippen molar-refractivity contribution in [3.63, 3.8) is 0 Å². The number of nitrogens with one attached hydrogen (secondary N) is 1. The summed E-state index contributed by atoms with van der Waals surface area (Å²) in [5, 5.41) is 2.03. The van der Waals surface area contributed by atoms with Crippen LogP contribution in [0.4, 0.5) is 0 Å². The first-order valence-corrected chi connectivity index (χ1v) is 10.5. The average Bonchev–Trinajstić information content (AvgIpc) is 3.29. The van der Waals surface area contributed by atoms with Gasteiger partial charge in [0, 0.05) is 31.5 Å². The molecule has 1 aliphatic rings. The second-order valence-electron chi connectivity index (χ2n) is 7.66. The number of hydrogen-bond donors (Lipinski definition) is 1. The topological polar surface area (TPSA) is 55.1 Å². The van der Waals surface area contributed by atoms with Crippen LogP contribution in [0.5, 0.6) is 0 Å². The van der Waals surface area contributed by atoms with Crippen LogP contribution in [0.15, 0.2) is 42.5 Å². The molecule has 0 aliphatic carbocycles. The maximum absolute atomic E-state index is 13.2. The zero-order chi connectivity index (χ0) is 20.4. The summed E-state index contributed by atoms with van der Waals surface area (Å²) in [5.41, 5.74) is 7.69. The Hall–Kier alpha value is -2.86. The molecule has 3 aromatic rings. The lowest BCUT2D eigenvalue weighted by Crippen LogP contribution is -2.45. The Bertz CT molecular complexity index is 996. The van der Waals surface area contributed by atoms with Crippen molar-refractivity contribution in [1.82, 2.24) is 24.6 Å². The van der Waals surface area contributed by atoms with Crippen molar-refractivity contribution in [2.75, 3.05) is 13.1 Å². The Morgan fingerprint density at radius 3 is 2.41 bits per heavy atom. The third-order valence-corrected chi connectivity index (χ3v) is 5.75. The van der Waals surface area contributed by atoms with Crippen LogP contribution in [0.2, 0.25) is 0 Å². The maximum Gasteiger partial charge on any atom is 0.286 e. The number of imidazole rings is 1. The van der Waals surface area contributed by atoms with E-state index < -0.39 is 0 Å². The first-order chi connectivity index (χ1) is 14.1. The first-order valence-electron chi connectivity index (χ1n) is 10.5. The lowest BCUT2D eigenvalue weighted by molar-refractivity contribution is 0.0744. The molecule has 0 bridgehead atoms. The minimum Gasteiger partial charge on any atom is -0.345 e. The van der Waals surface area contributed by atoms with Gasteiger partial charge in [0.2, 0.25) is 0 Å². The number of aryl methyl sites for hydroxylation is 1. The Morgan fingerprint density at radius 1 is 1.07 bits per heavy atom. The van der Waals surface area contributed by atoms with Crippen molar-refractivity contribution in [3.05, 3.63) is 59.5 Å². The third kappa shape index (κ3) is 3.72. The van der Waals surface area contributed by atoms with Crippen LogP contribution in [0.3, 0.4) is 0 Å². The molecule has 2 aromatic heterocycles. The second-order valence-corrected chi connectivity index (χ2v) is 7.66. The predicted molar refractivity (Wildman–Crippen MR) is 115 cm³/mol. The van der Waals surface area contributed by atoms with Crippen LogP contribution in [-0.2, 0) is 13.5 Å². The van der Waals surface area contributed by atoms with Gasteiger partial charge in [0.1, 0.15) is 0 Å². The molecular formula is C23H29N5O. The van der Waals surface area contributed by atoms with Crippen LogP contribution >= 0.6 is 0 Å². The number of carbonyl (C=O) groups excluding carboxylic acids is 1. The number of piperidine rings is 1. The van der Waals surface area contributed by atoms with Crippen LogP contribution < -0.4 is 5.43 Å². The van der Waals surface area contributed by atoms with E-state index in [0.717, 1.165) is 54.5 Å². The second kappa shape index (κ2) is 8.25. The molecule has 1 N–H and O–H groups in total. The van der Waals surface area contributed by atoms with Crippen molar-refractivity contribution in [3.8, 4) is 17.2 Å². The van der Waals surface area contributed by atoms with Gasteiger partial charge in [0.15, 0.2) is 11.5 Å². The maximum atomic E-state index is 13.2. The smallest absolute Gasteiger partial charge is 0.286 e. The van der Waals surface area contributed by atoms with E-state index in [1.54, 1.807) is 0 Å². The predicted octanol–water partition coefficient (Wildman–Crippen LogP) is 3.88. The van der Waals surface area contributed by atoms with Gasteiger partial charge in [-0.1, -0.05) is 31.5 Å². The lowest BCUT2D eigenvalue weighted by Gasteiger charge is -2.26. The third-order valence-electron chi connectivity index (χ3n) is 5.75. The van der Waals surface area contributed by atoms with Gasteiger partial charge in [-0.3, -0.25) is 14.8 Å². The largest absolute Gasteiger partial charge is 0.345 e. The van der Waals surface area contributed by atoms with Crippen molar-refractivity contribution in [2.24, 2.45) is 7.05 Å². The average molecular weight is 392 g/mol. The van der Waals surface area contributed by atoms with Gasteiger partial charge in [-0.25, -0.2) is 9.99 Å². The molecule has 6 heteroatoms. The zero-order valence-corrected chi connectivity index (χ0v) is 17.5. The SMILES string of the molecule is CCc1c(C(=O)NN2CCCCC2)nc(-c2ccc(C)n2C)n1-c1ccccc1. The highest BCUT2D eigenvalue weighted by Gasteiger charge is 2.26. The van der Waals surface area contributed by atoms with Gasteiger partial charge in [0.25, 0.3) is 5.91 Å². The lowest BCUT2D eigenvalue weighted by atomic mass is 10.2. The van der Waals surface area contributed by atoms with E-state index in [1.165, 1.54) is 6.42 Å². The number of carbonyl (C=O) groups is 1. The molecule has 0 radical (unpaired) electrons. The van der Waals surface area contributed by atoms with Gasteiger partial charge < -0.3 is 4.57 Å². The molecule has 3 heterocycles. The van der Waals surface area contributed by atoms with E-state index in [-0.39, 0.29) is 5.91 Å². The molecule has 0 atom stereocenters. The van der Waals surface area contributed by atoms with Gasteiger partial charge in [-0.2, -0.15) is 0 Å². The molecule has 4 rings (SSSR count). The van der Waals surface area contributed by atoms with Crippen LogP contribution in [-0.4, -0.2) is 38.1 Å². The summed E-state index contributed by atoms with van der Waals surface area (Å²) in [6.07, 6.45) is 4.18. The molecule has 29 heavy (non-hydrogen) atoms. The minimum atomic E-state index is -0.120. The molecule has 6 nitrogen and oxygen atoms in total. The van der Waals surface area contributed by atoms with E-state index in [0.29, 0.717) is 12.1 Å². The van der Waals surface area contributed by atoms with Crippen molar-refractivity contribution in [2.45, 2.75) is 39.5 Å². The number of hydrazine groups is 1. The summed E-state index contributed by atoms with van der Waals surface area (Å²) in [6.45, 7) is 5.95. The van der Waals surface area contributed by atoms with E-state index in [2.05, 4.69) is 52.7 Å². The van der Waals surface area contributed by atoms with E-state index >= 15 is 0 Å². The number of para-hydroxylation sites is 1. The summed E-state index contributed by atoms with van der Waals surface area (Å²) in [4.78, 5) is 18.0. The number of benzene rings is 1. The number of hydrogen-bond acceptors (Lipinski definition) is 3. The Balaban J connectivity index is 1.82. The Kier molecular flexibility index (Phi) is 5.53. The van der Waals surface area contributed by atoms with E-state index in [1.807, 2.05) is 30.3 Å². The number of nitrogens with zero attached hydrogens (tertiary/aromatic N) is 4. The molecular weight excluding hydrogens is 362 g/mol. The van der Waals surface area contributed by atoms with Gasteiger partial charge in [0.05, 0.1) is 11.4 Å². The fourth-order valence-corrected chi connectivity index (χ4v) is 4.03. The van der Waals surface area contributed by atoms with Gasteiger partial charge >= 0.3 is 0 Å².